The molecule has 1 heterocycles. The van der Waals surface area contributed by atoms with Gasteiger partial charge in [0.2, 0.25) is 5.91 Å². The molecule has 4 aromatic rings. The summed E-state index contributed by atoms with van der Waals surface area (Å²) in [5.74, 6) is -0.921. The smallest absolute Gasteiger partial charge is 0.338 e. The molecule has 0 radical (unpaired) electrons. The van der Waals surface area contributed by atoms with E-state index in [9.17, 15) is 18.0 Å². The Morgan fingerprint density at radius 3 is 2.38 bits per heavy atom. The fourth-order valence-corrected chi connectivity index (χ4v) is 5.62. The van der Waals surface area contributed by atoms with Crippen molar-refractivity contribution in [1.29, 1.82) is 0 Å². The van der Waals surface area contributed by atoms with Gasteiger partial charge < -0.3 is 14.6 Å². The summed E-state index contributed by atoms with van der Waals surface area (Å²) in [6, 6.07) is 20.2. The Labute approximate surface area is 220 Å². The molecule has 1 aromatic heterocycles. The monoisotopic (exact) mass is 538 g/mol. The van der Waals surface area contributed by atoms with Crippen molar-refractivity contribution >= 4 is 49.9 Å². The third-order valence-corrected chi connectivity index (χ3v) is 7.77. The SMILES string of the molecule is CCCCOC(=O)c1ccc(NC(=O)Cn2cc(S(=O)(=O)Cc3ccc(Cl)cc3)c3ccccc32)cc1. The molecule has 0 aliphatic heterocycles. The number of aromatic nitrogens is 1. The number of para-hydroxylation sites is 1. The van der Waals surface area contributed by atoms with Gasteiger partial charge in [-0.15, -0.1) is 0 Å². The first-order valence-electron chi connectivity index (χ1n) is 11.9. The van der Waals surface area contributed by atoms with Crippen LogP contribution in [0.4, 0.5) is 5.69 Å². The van der Waals surface area contributed by atoms with Gasteiger partial charge in [-0.25, -0.2) is 13.2 Å². The number of anilines is 1. The molecular formula is C28H27ClN2O5S. The van der Waals surface area contributed by atoms with Crippen LogP contribution in [0, 0.1) is 0 Å². The number of hydrogen-bond donors (Lipinski definition) is 1. The highest BCUT2D eigenvalue weighted by Gasteiger charge is 2.22. The van der Waals surface area contributed by atoms with Gasteiger partial charge in [-0.3, -0.25) is 4.79 Å². The molecule has 4 rings (SSSR count). The predicted octanol–water partition coefficient (Wildman–Crippen LogP) is 5.86. The number of halogens is 1. The van der Waals surface area contributed by atoms with E-state index in [1.807, 2.05) is 6.92 Å². The van der Waals surface area contributed by atoms with Gasteiger partial charge in [-0.2, -0.15) is 0 Å². The topological polar surface area (TPSA) is 94.5 Å². The molecule has 0 saturated carbocycles. The van der Waals surface area contributed by atoms with Crippen molar-refractivity contribution in [3.8, 4) is 0 Å². The Balaban J connectivity index is 1.49. The predicted molar refractivity (Wildman–Crippen MR) is 145 cm³/mol. The lowest BCUT2D eigenvalue weighted by Crippen LogP contribution is -2.18. The van der Waals surface area contributed by atoms with Crippen molar-refractivity contribution in [3.05, 3.63) is 95.1 Å². The van der Waals surface area contributed by atoms with E-state index in [0.717, 1.165) is 12.8 Å². The summed E-state index contributed by atoms with van der Waals surface area (Å²) in [7, 11) is -3.69. The largest absolute Gasteiger partial charge is 0.462 e. The Bertz CT molecular complexity index is 1510. The number of fused-ring (bicyclic) bond motifs is 1. The van der Waals surface area contributed by atoms with Gasteiger partial charge in [0.15, 0.2) is 9.84 Å². The average Bonchev–Trinajstić information content (AvgIpc) is 3.25. The molecule has 0 fully saturated rings. The highest BCUT2D eigenvalue weighted by Crippen LogP contribution is 2.28. The Morgan fingerprint density at radius 1 is 0.973 bits per heavy atom. The van der Waals surface area contributed by atoms with Crippen LogP contribution < -0.4 is 5.32 Å². The standard InChI is InChI=1S/C28H27ClN2O5S/c1-2-3-16-36-28(33)21-10-14-23(15-11-21)30-27(32)18-31-17-26(24-6-4-5-7-25(24)31)37(34,35)19-20-8-12-22(29)13-9-20/h4-15,17H,2-3,16,18-19H2,1H3,(H,30,32). The van der Waals surface area contributed by atoms with Crippen LogP contribution in [0.25, 0.3) is 10.9 Å². The highest BCUT2D eigenvalue weighted by molar-refractivity contribution is 7.90. The molecule has 0 saturated heterocycles. The van der Waals surface area contributed by atoms with E-state index in [0.29, 0.717) is 39.3 Å². The molecule has 0 spiro atoms. The molecule has 37 heavy (non-hydrogen) atoms. The van der Waals surface area contributed by atoms with Crippen LogP contribution in [0.5, 0.6) is 0 Å². The van der Waals surface area contributed by atoms with E-state index in [4.69, 9.17) is 16.3 Å². The minimum Gasteiger partial charge on any atom is -0.462 e. The molecule has 0 bridgehead atoms. The van der Waals surface area contributed by atoms with E-state index in [2.05, 4.69) is 5.32 Å². The number of hydrogen-bond acceptors (Lipinski definition) is 5. The van der Waals surface area contributed by atoms with Crippen molar-refractivity contribution in [2.24, 2.45) is 0 Å². The summed E-state index contributed by atoms with van der Waals surface area (Å²) >= 11 is 5.92. The maximum absolute atomic E-state index is 13.3. The van der Waals surface area contributed by atoms with Gasteiger partial charge in [0.05, 0.1) is 22.8 Å². The number of esters is 1. The first kappa shape index (κ1) is 26.4. The van der Waals surface area contributed by atoms with Crippen LogP contribution in [0.3, 0.4) is 0 Å². The van der Waals surface area contributed by atoms with Crippen LogP contribution in [0.2, 0.25) is 5.02 Å². The summed E-state index contributed by atoms with van der Waals surface area (Å²) in [6.45, 7) is 2.30. The molecule has 1 amide bonds. The molecular weight excluding hydrogens is 512 g/mol. The Hall–Kier alpha value is -3.62. The molecule has 0 aliphatic rings. The number of amides is 1. The highest BCUT2D eigenvalue weighted by atomic mass is 35.5. The minimum atomic E-state index is -3.69. The summed E-state index contributed by atoms with van der Waals surface area (Å²) in [4.78, 5) is 25.0. The second-order valence-corrected chi connectivity index (χ2v) is 11.0. The molecule has 0 atom stereocenters. The van der Waals surface area contributed by atoms with Gasteiger partial charge in [0.25, 0.3) is 0 Å². The van der Waals surface area contributed by atoms with E-state index >= 15 is 0 Å². The average molecular weight is 539 g/mol. The molecule has 3 aromatic carbocycles. The summed E-state index contributed by atoms with van der Waals surface area (Å²) in [6.07, 6.45) is 3.24. The number of nitrogens with zero attached hydrogens (tertiary/aromatic N) is 1. The van der Waals surface area contributed by atoms with Crippen LogP contribution in [-0.4, -0.2) is 31.5 Å². The fraction of sp³-hybridized carbons (Fsp3) is 0.214. The molecule has 192 valence electrons. The minimum absolute atomic E-state index is 0.0855. The zero-order valence-electron chi connectivity index (χ0n) is 20.3. The number of carbonyl (C=O) groups excluding carboxylic acids is 2. The van der Waals surface area contributed by atoms with Crippen molar-refractivity contribution in [2.45, 2.75) is 37.0 Å². The third kappa shape index (κ3) is 6.58. The number of sulfone groups is 1. The van der Waals surface area contributed by atoms with Crippen LogP contribution in [0.15, 0.2) is 83.9 Å². The van der Waals surface area contributed by atoms with Crippen molar-refractivity contribution in [3.63, 3.8) is 0 Å². The van der Waals surface area contributed by atoms with E-state index in [1.165, 1.54) is 6.20 Å². The van der Waals surface area contributed by atoms with Crippen LogP contribution >= 0.6 is 11.6 Å². The lowest BCUT2D eigenvalue weighted by atomic mass is 10.2. The lowest BCUT2D eigenvalue weighted by molar-refractivity contribution is -0.116. The lowest BCUT2D eigenvalue weighted by Gasteiger charge is -2.08. The number of ether oxygens (including phenoxy) is 1. The first-order chi connectivity index (χ1) is 17.8. The van der Waals surface area contributed by atoms with Crippen molar-refractivity contribution < 1.29 is 22.7 Å². The van der Waals surface area contributed by atoms with Crippen LogP contribution in [-0.2, 0) is 31.7 Å². The fourth-order valence-electron chi connectivity index (χ4n) is 3.91. The maximum atomic E-state index is 13.3. The second-order valence-electron chi connectivity index (χ2n) is 8.64. The normalized spacial score (nSPS) is 11.4. The summed E-state index contributed by atoms with van der Waals surface area (Å²) < 4.78 is 33.4. The van der Waals surface area contributed by atoms with Gasteiger partial charge in [0, 0.05) is 27.8 Å². The van der Waals surface area contributed by atoms with Crippen LogP contribution in [0.1, 0.15) is 35.7 Å². The van der Waals surface area contributed by atoms with Gasteiger partial charge in [-0.05, 0) is 54.4 Å². The number of nitrogens with one attached hydrogen (secondary N) is 1. The maximum Gasteiger partial charge on any atom is 0.338 e. The quantitative estimate of drug-likeness (QED) is 0.201. The third-order valence-electron chi connectivity index (χ3n) is 5.81. The van der Waals surface area contributed by atoms with Crippen molar-refractivity contribution in [1.82, 2.24) is 4.57 Å². The zero-order valence-corrected chi connectivity index (χ0v) is 21.9. The molecule has 1 N–H and O–H groups in total. The number of benzene rings is 3. The Kier molecular flexibility index (Phi) is 8.31. The van der Waals surface area contributed by atoms with Gasteiger partial charge in [0.1, 0.15) is 6.54 Å². The summed E-state index contributed by atoms with van der Waals surface area (Å²) in [5.41, 5.74) is 2.18. The number of carbonyl (C=O) groups is 2. The molecule has 0 aliphatic carbocycles. The van der Waals surface area contributed by atoms with E-state index in [1.54, 1.807) is 77.4 Å². The summed E-state index contributed by atoms with van der Waals surface area (Å²) in [5, 5.41) is 3.88. The molecule has 9 heteroatoms. The first-order valence-corrected chi connectivity index (χ1v) is 13.9. The number of unbranched alkanes of at least 4 members (excludes halogenated alkanes) is 1. The number of rotatable bonds is 10. The van der Waals surface area contributed by atoms with Crippen molar-refractivity contribution in [2.75, 3.05) is 11.9 Å². The Morgan fingerprint density at radius 2 is 1.68 bits per heavy atom. The molecule has 7 nitrogen and oxygen atoms in total. The van der Waals surface area contributed by atoms with E-state index in [-0.39, 0.29) is 23.1 Å². The van der Waals surface area contributed by atoms with E-state index < -0.39 is 15.8 Å². The van der Waals surface area contributed by atoms with Gasteiger partial charge in [-0.1, -0.05) is 55.3 Å². The molecule has 0 unspecified atom stereocenters. The second kappa shape index (κ2) is 11.6. The zero-order chi connectivity index (χ0) is 26.4. The van der Waals surface area contributed by atoms with Gasteiger partial charge >= 0.3 is 5.97 Å².